The van der Waals surface area contributed by atoms with Crippen molar-refractivity contribution in [1.29, 1.82) is 0 Å². The van der Waals surface area contributed by atoms with Crippen molar-refractivity contribution in [3.8, 4) is 5.75 Å². The van der Waals surface area contributed by atoms with E-state index < -0.39 is 0 Å². The Morgan fingerprint density at radius 1 is 1.14 bits per heavy atom. The van der Waals surface area contributed by atoms with Crippen LogP contribution in [-0.2, 0) is 12.8 Å². The smallest absolute Gasteiger partial charge is 0.124 e. The van der Waals surface area contributed by atoms with Gasteiger partial charge in [-0.2, -0.15) is 0 Å². The first kappa shape index (κ1) is 15.9. The van der Waals surface area contributed by atoms with Crippen molar-refractivity contribution >= 4 is 15.9 Å². The molecule has 0 aliphatic carbocycles. The predicted octanol–water partition coefficient (Wildman–Crippen LogP) is 3.21. The van der Waals surface area contributed by atoms with E-state index in [1.165, 1.54) is 12.1 Å². The van der Waals surface area contributed by atoms with Crippen LogP contribution in [0.15, 0.2) is 46.9 Å². The van der Waals surface area contributed by atoms with E-state index in [9.17, 15) is 4.39 Å². The molecule has 2 aromatic rings. The molecule has 3 N–H and O–H groups in total. The lowest BCUT2D eigenvalue weighted by molar-refractivity contribution is 0.414. The van der Waals surface area contributed by atoms with Crippen molar-refractivity contribution in [2.75, 3.05) is 7.11 Å². The molecule has 0 heterocycles. The number of nitrogens with two attached hydrogens (primary N) is 1. The lowest BCUT2D eigenvalue weighted by Gasteiger charge is -2.16. The van der Waals surface area contributed by atoms with Gasteiger partial charge in [-0.05, 0) is 54.3 Å². The summed E-state index contributed by atoms with van der Waals surface area (Å²) in [7, 11) is 1.64. The van der Waals surface area contributed by atoms with Crippen LogP contribution in [0.25, 0.3) is 0 Å². The highest BCUT2D eigenvalue weighted by atomic mass is 79.9. The van der Waals surface area contributed by atoms with Gasteiger partial charge >= 0.3 is 0 Å². The van der Waals surface area contributed by atoms with E-state index in [1.807, 2.05) is 30.3 Å². The van der Waals surface area contributed by atoms with Gasteiger partial charge in [0.2, 0.25) is 0 Å². The Labute approximate surface area is 132 Å². The Bertz CT molecular complexity index is 569. The highest BCUT2D eigenvalue weighted by molar-refractivity contribution is 9.10. The third-order valence-corrected chi connectivity index (χ3v) is 3.74. The number of ether oxygens (including phenoxy) is 1. The van der Waals surface area contributed by atoms with Crippen LogP contribution < -0.4 is 16.0 Å². The molecule has 0 radical (unpaired) electrons. The second kappa shape index (κ2) is 7.54. The number of hydrazine groups is 1. The molecule has 2 aromatic carbocycles. The van der Waals surface area contributed by atoms with Gasteiger partial charge in [0.25, 0.3) is 0 Å². The SMILES string of the molecule is COc1ccc(CC(Cc2cc(F)cc(Br)c2)NN)cc1. The van der Waals surface area contributed by atoms with E-state index >= 15 is 0 Å². The van der Waals surface area contributed by atoms with Gasteiger partial charge in [0, 0.05) is 10.5 Å². The van der Waals surface area contributed by atoms with Gasteiger partial charge in [0.1, 0.15) is 11.6 Å². The zero-order valence-corrected chi connectivity index (χ0v) is 13.4. The summed E-state index contributed by atoms with van der Waals surface area (Å²) in [5.74, 6) is 6.19. The molecule has 0 aliphatic rings. The third kappa shape index (κ3) is 4.81. The number of hydrogen-bond donors (Lipinski definition) is 2. The van der Waals surface area contributed by atoms with Crippen LogP contribution in [0.5, 0.6) is 5.75 Å². The maximum absolute atomic E-state index is 13.4. The van der Waals surface area contributed by atoms with Crippen molar-refractivity contribution in [1.82, 2.24) is 5.43 Å². The average molecular weight is 353 g/mol. The van der Waals surface area contributed by atoms with Crippen molar-refractivity contribution in [2.24, 2.45) is 5.84 Å². The second-order valence-corrected chi connectivity index (χ2v) is 5.81. The number of rotatable bonds is 6. The van der Waals surface area contributed by atoms with E-state index in [0.29, 0.717) is 6.42 Å². The maximum Gasteiger partial charge on any atom is 0.124 e. The second-order valence-electron chi connectivity index (χ2n) is 4.90. The average Bonchev–Trinajstić information content (AvgIpc) is 2.46. The topological polar surface area (TPSA) is 47.3 Å². The summed E-state index contributed by atoms with van der Waals surface area (Å²) >= 11 is 3.30. The molecular formula is C16H18BrFN2O. The quantitative estimate of drug-likeness (QED) is 0.619. The lowest BCUT2D eigenvalue weighted by atomic mass is 9.99. The Balaban J connectivity index is 2.05. The fourth-order valence-corrected chi connectivity index (χ4v) is 2.76. The summed E-state index contributed by atoms with van der Waals surface area (Å²) in [6, 6.07) is 12.8. The Morgan fingerprint density at radius 3 is 2.38 bits per heavy atom. The van der Waals surface area contributed by atoms with Crippen LogP contribution in [0, 0.1) is 5.82 Å². The molecule has 2 rings (SSSR count). The number of hydrogen-bond acceptors (Lipinski definition) is 3. The summed E-state index contributed by atoms with van der Waals surface area (Å²) in [5, 5.41) is 0. The largest absolute Gasteiger partial charge is 0.497 e. The molecule has 0 saturated carbocycles. The predicted molar refractivity (Wildman–Crippen MR) is 85.6 cm³/mol. The first-order valence-corrected chi connectivity index (χ1v) is 7.44. The van der Waals surface area contributed by atoms with Gasteiger partial charge in [0.15, 0.2) is 0 Å². The Kier molecular flexibility index (Phi) is 5.73. The lowest BCUT2D eigenvalue weighted by Crippen LogP contribution is -2.38. The molecule has 0 amide bonds. The maximum atomic E-state index is 13.4. The molecule has 0 saturated heterocycles. The molecule has 3 nitrogen and oxygen atoms in total. The number of halogens is 2. The zero-order chi connectivity index (χ0) is 15.2. The van der Waals surface area contributed by atoms with E-state index in [4.69, 9.17) is 10.6 Å². The van der Waals surface area contributed by atoms with Gasteiger partial charge in [-0.1, -0.05) is 28.1 Å². The molecule has 1 unspecified atom stereocenters. The minimum absolute atomic E-state index is 0.0343. The van der Waals surface area contributed by atoms with Crippen molar-refractivity contribution in [2.45, 2.75) is 18.9 Å². The normalized spacial score (nSPS) is 12.2. The van der Waals surface area contributed by atoms with Gasteiger partial charge in [-0.3, -0.25) is 11.3 Å². The van der Waals surface area contributed by atoms with Crippen LogP contribution in [0.4, 0.5) is 4.39 Å². The van der Waals surface area contributed by atoms with E-state index in [1.54, 1.807) is 7.11 Å². The zero-order valence-electron chi connectivity index (χ0n) is 11.8. The van der Waals surface area contributed by atoms with Crippen LogP contribution in [0.2, 0.25) is 0 Å². The van der Waals surface area contributed by atoms with Gasteiger partial charge in [-0.25, -0.2) is 4.39 Å². The molecule has 0 spiro atoms. The van der Waals surface area contributed by atoms with Crippen LogP contribution in [0.1, 0.15) is 11.1 Å². The number of benzene rings is 2. The van der Waals surface area contributed by atoms with E-state index in [0.717, 1.165) is 27.8 Å². The molecule has 112 valence electrons. The molecule has 0 aliphatic heterocycles. The van der Waals surface area contributed by atoms with E-state index in [2.05, 4.69) is 21.4 Å². The number of methoxy groups -OCH3 is 1. The Morgan fingerprint density at radius 2 is 1.81 bits per heavy atom. The third-order valence-electron chi connectivity index (χ3n) is 3.28. The molecule has 5 heteroatoms. The summed E-state index contributed by atoms with van der Waals surface area (Å²) in [4.78, 5) is 0. The van der Waals surface area contributed by atoms with E-state index in [-0.39, 0.29) is 11.9 Å². The number of nitrogens with one attached hydrogen (secondary N) is 1. The standard InChI is InChI=1S/C16H18BrFN2O/c1-21-16-4-2-11(3-5-16)8-15(20-19)9-12-6-13(17)10-14(18)7-12/h2-7,10,15,20H,8-9,19H2,1H3. The fourth-order valence-electron chi connectivity index (χ4n) is 2.25. The summed E-state index contributed by atoms with van der Waals surface area (Å²) < 4.78 is 19.3. The molecule has 1 atom stereocenters. The highest BCUT2D eigenvalue weighted by Gasteiger charge is 2.10. The van der Waals surface area contributed by atoms with Crippen LogP contribution in [0.3, 0.4) is 0 Å². The highest BCUT2D eigenvalue weighted by Crippen LogP contribution is 2.18. The summed E-state index contributed by atoms with van der Waals surface area (Å²) in [6.07, 6.45) is 1.41. The summed E-state index contributed by atoms with van der Waals surface area (Å²) in [5.41, 5.74) is 4.85. The molecule has 0 fully saturated rings. The monoisotopic (exact) mass is 352 g/mol. The van der Waals surface area contributed by atoms with Gasteiger partial charge < -0.3 is 4.74 Å². The molecule has 0 aromatic heterocycles. The summed E-state index contributed by atoms with van der Waals surface area (Å²) in [6.45, 7) is 0. The van der Waals surface area contributed by atoms with Crippen molar-refractivity contribution in [3.05, 3.63) is 63.9 Å². The molecular weight excluding hydrogens is 335 g/mol. The first-order chi connectivity index (χ1) is 10.1. The molecule has 0 bridgehead atoms. The fraction of sp³-hybridized carbons (Fsp3) is 0.250. The van der Waals surface area contributed by atoms with Gasteiger partial charge in [-0.15, -0.1) is 0 Å². The molecule has 21 heavy (non-hydrogen) atoms. The minimum Gasteiger partial charge on any atom is -0.497 e. The van der Waals surface area contributed by atoms with Crippen molar-refractivity contribution in [3.63, 3.8) is 0 Å². The minimum atomic E-state index is -0.250. The Hall–Kier alpha value is -1.43. The van der Waals surface area contributed by atoms with Crippen LogP contribution in [-0.4, -0.2) is 13.2 Å². The van der Waals surface area contributed by atoms with Gasteiger partial charge in [0.05, 0.1) is 7.11 Å². The van der Waals surface area contributed by atoms with Crippen LogP contribution >= 0.6 is 15.9 Å². The first-order valence-electron chi connectivity index (χ1n) is 6.64. The van der Waals surface area contributed by atoms with Crippen molar-refractivity contribution < 1.29 is 9.13 Å².